The van der Waals surface area contributed by atoms with Crippen molar-refractivity contribution in [2.45, 2.75) is 12.5 Å². The standard InChI is InChI=1S/C19H17ClN2S/c1-22-11-17(16-10-19(20)23-18(16)12-22)15-5-3-2-4-14(15)13-6-8-21-9-7-13/h2-10,17H,11-12H2,1H3/t17-/m0/s1. The summed E-state index contributed by atoms with van der Waals surface area (Å²) in [5.74, 6) is 0.358. The maximum absolute atomic E-state index is 6.30. The van der Waals surface area contributed by atoms with E-state index in [1.54, 1.807) is 11.3 Å². The number of nitrogens with zero attached hydrogens (tertiary/aromatic N) is 2. The fourth-order valence-electron chi connectivity index (χ4n) is 3.41. The third-order valence-electron chi connectivity index (χ3n) is 4.42. The SMILES string of the molecule is CN1Cc2sc(Cl)cc2[C@H](c2ccccc2-c2ccncc2)C1. The van der Waals surface area contributed by atoms with E-state index in [-0.39, 0.29) is 0 Å². The third-order valence-corrected chi connectivity index (χ3v) is 5.69. The highest BCUT2D eigenvalue weighted by atomic mass is 35.5. The summed E-state index contributed by atoms with van der Waals surface area (Å²) in [4.78, 5) is 7.91. The minimum atomic E-state index is 0.358. The van der Waals surface area contributed by atoms with Crippen LogP contribution in [0.3, 0.4) is 0 Å². The molecule has 0 N–H and O–H groups in total. The second-order valence-corrected chi connectivity index (χ2v) is 7.77. The molecule has 116 valence electrons. The summed E-state index contributed by atoms with van der Waals surface area (Å²) in [6.07, 6.45) is 3.71. The van der Waals surface area contributed by atoms with Crippen molar-refractivity contribution in [3.8, 4) is 11.1 Å². The fourth-order valence-corrected chi connectivity index (χ4v) is 4.83. The molecule has 0 aliphatic carbocycles. The molecule has 1 aliphatic heterocycles. The lowest BCUT2D eigenvalue weighted by Crippen LogP contribution is -2.30. The van der Waals surface area contributed by atoms with Gasteiger partial charge in [-0.2, -0.15) is 0 Å². The number of halogens is 1. The van der Waals surface area contributed by atoms with E-state index < -0.39 is 0 Å². The predicted molar refractivity (Wildman–Crippen MR) is 97.2 cm³/mol. The van der Waals surface area contributed by atoms with Crippen LogP contribution in [0.4, 0.5) is 0 Å². The largest absolute Gasteiger partial charge is 0.300 e. The first-order valence-corrected chi connectivity index (χ1v) is 8.88. The first-order valence-electron chi connectivity index (χ1n) is 7.68. The summed E-state index contributed by atoms with van der Waals surface area (Å²) in [5.41, 5.74) is 5.25. The number of aromatic nitrogens is 1. The van der Waals surface area contributed by atoms with Crippen molar-refractivity contribution < 1.29 is 0 Å². The van der Waals surface area contributed by atoms with Gasteiger partial charge in [0.1, 0.15) is 0 Å². The number of benzene rings is 1. The lowest BCUT2D eigenvalue weighted by molar-refractivity contribution is 0.299. The van der Waals surface area contributed by atoms with Crippen LogP contribution < -0.4 is 0 Å². The zero-order valence-electron chi connectivity index (χ0n) is 12.9. The Morgan fingerprint density at radius 2 is 1.91 bits per heavy atom. The van der Waals surface area contributed by atoms with Gasteiger partial charge in [0.2, 0.25) is 0 Å². The summed E-state index contributed by atoms with van der Waals surface area (Å²) >= 11 is 8.01. The van der Waals surface area contributed by atoms with Gasteiger partial charge in [0.15, 0.2) is 0 Å². The van der Waals surface area contributed by atoms with E-state index in [4.69, 9.17) is 11.6 Å². The van der Waals surface area contributed by atoms with Gasteiger partial charge in [-0.25, -0.2) is 0 Å². The number of pyridine rings is 1. The van der Waals surface area contributed by atoms with Crippen molar-refractivity contribution >= 4 is 22.9 Å². The average molecular weight is 341 g/mol. The Kier molecular flexibility index (Phi) is 3.93. The third kappa shape index (κ3) is 2.80. The van der Waals surface area contributed by atoms with Gasteiger partial charge in [0.25, 0.3) is 0 Å². The smallest absolute Gasteiger partial charge is 0.0934 e. The summed E-state index contributed by atoms with van der Waals surface area (Å²) in [6.45, 7) is 2.00. The van der Waals surface area contributed by atoms with E-state index in [1.165, 1.54) is 27.1 Å². The topological polar surface area (TPSA) is 16.1 Å². The zero-order valence-corrected chi connectivity index (χ0v) is 14.4. The maximum atomic E-state index is 6.30. The molecule has 3 heterocycles. The van der Waals surface area contributed by atoms with Crippen molar-refractivity contribution in [3.63, 3.8) is 0 Å². The highest BCUT2D eigenvalue weighted by Crippen LogP contribution is 2.42. The minimum Gasteiger partial charge on any atom is -0.300 e. The Bertz CT molecular complexity index is 828. The number of likely N-dealkylation sites (N-methyl/N-ethyl adjacent to an activating group) is 1. The molecule has 0 unspecified atom stereocenters. The van der Waals surface area contributed by atoms with Crippen LogP contribution in [0, 0.1) is 0 Å². The lowest BCUT2D eigenvalue weighted by atomic mass is 9.84. The number of rotatable bonds is 2. The molecule has 2 nitrogen and oxygen atoms in total. The van der Waals surface area contributed by atoms with Crippen molar-refractivity contribution in [3.05, 3.63) is 75.2 Å². The first kappa shape index (κ1) is 14.9. The highest BCUT2D eigenvalue weighted by Gasteiger charge is 2.28. The number of fused-ring (bicyclic) bond motifs is 1. The molecule has 4 heteroatoms. The first-order chi connectivity index (χ1) is 11.2. The van der Waals surface area contributed by atoms with Gasteiger partial charge in [-0.15, -0.1) is 11.3 Å². The Morgan fingerprint density at radius 3 is 2.74 bits per heavy atom. The van der Waals surface area contributed by atoms with Gasteiger partial charge in [-0.3, -0.25) is 4.98 Å². The molecular weight excluding hydrogens is 324 g/mol. The summed E-state index contributed by atoms with van der Waals surface area (Å²) < 4.78 is 0.886. The predicted octanol–water partition coefficient (Wildman–Crippen LogP) is 5.04. The monoisotopic (exact) mass is 340 g/mol. The molecule has 0 fully saturated rings. The molecule has 0 saturated carbocycles. The Balaban J connectivity index is 1.86. The van der Waals surface area contributed by atoms with Gasteiger partial charge in [0.05, 0.1) is 4.34 Å². The van der Waals surface area contributed by atoms with Crippen molar-refractivity contribution in [1.29, 1.82) is 0 Å². The minimum absolute atomic E-state index is 0.358. The second-order valence-electron chi connectivity index (χ2n) is 6.00. The van der Waals surface area contributed by atoms with E-state index >= 15 is 0 Å². The van der Waals surface area contributed by atoms with Crippen LogP contribution in [0.25, 0.3) is 11.1 Å². The molecular formula is C19H17ClN2S. The molecule has 3 aromatic rings. The Morgan fingerprint density at radius 1 is 1.13 bits per heavy atom. The normalized spacial score (nSPS) is 17.9. The molecule has 0 saturated heterocycles. The van der Waals surface area contributed by atoms with E-state index in [0.29, 0.717) is 5.92 Å². The number of thiophene rings is 1. The lowest BCUT2D eigenvalue weighted by Gasteiger charge is -2.31. The number of hydrogen-bond donors (Lipinski definition) is 0. The molecule has 4 rings (SSSR count). The van der Waals surface area contributed by atoms with Crippen LogP contribution in [-0.4, -0.2) is 23.5 Å². The van der Waals surface area contributed by atoms with Crippen LogP contribution in [-0.2, 0) is 6.54 Å². The molecule has 2 aromatic heterocycles. The second kappa shape index (κ2) is 6.08. The van der Waals surface area contributed by atoms with Crippen LogP contribution >= 0.6 is 22.9 Å². The molecule has 0 bridgehead atoms. The van der Waals surface area contributed by atoms with Gasteiger partial charge < -0.3 is 4.90 Å². The average Bonchev–Trinajstić information content (AvgIpc) is 2.95. The van der Waals surface area contributed by atoms with Gasteiger partial charge >= 0.3 is 0 Å². The van der Waals surface area contributed by atoms with Crippen LogP contribution in [0.5, 0.6) is 0 Å². The molecule has 0 spiro atoms. The van der Waals surface area contributed by atoms with Gasteiger partial charge in [-0.1, -0.05) is 35.9 Å². The molecule has 1 aromatic carbocycles. The van der Waals surface area contributed by atoms with Crippen molar-refractivity contribution in [2.24, 2.45) is 0 Å². The van der Waals surface area contributed by atoms with Crippen LogP contribution in [0.15, 0.2) is 54.9 Å². The summed E-state index contributed by atoms with van der Waals surface area (Å²) in [6, 6.07) is 15.0. The molecule has 0 radical (unpaired) electrons. The summed E-state index contributed by atoms with van der Waals surface area (Å²) in [7, 11) is 2.18. The molecule has 23 heavy (non-hydrogen) atoms. The van der Waals surface area contributed by atoms with Crippen LogP contribution in [0.2, 0.25) is 4.34 Å². The zero-order chi connectivity index (χ0) is 15.8. The van der Waals surface area contributed by atoms with Crippen molar-refractivity contribution in [2.75, 3.05) is 13.6 Å². The summed E-state index contributed by atoms with van der Waals surface area (Å²) in [5, 5.41) is 0. The van der Waals surface area contributed by atoms with Gasteiger partial charge in [0, 0.05) is 36.3 Å². The highest BCUT2D eigenvalue weighted by molar-refractivity contribution is 7.16. The van der Waals surface area contributed by atoms with E-state index in [1.807, 2.05) is 12.4 Å². The fraction of sp³-hybridized carbons (Fsp3) is 0.211. The van der Waals surface area contributed by atoms with E-state index in [0.717, 1.165) is 17.4 Å². The van der Waals surface area contributed by atoms with Crippen molar-refractivity contribution in [1.82, 2.24) is 9.88 Å². The quantitative estimate of drug-likeness (QED) is 0.649. The Labute approximate surface area is 145 Å². The number of hydrogen-bond acceptors (Lipinski definition) is 3. The van der Waals surface area contributed by atoms with Gasteiger partial charge in [-0.05, 0) is 47.5 Å². The Hall–Kier alpha value is -1.68. The maximum Gasteiger partial charge on any atom is 0.0934 e. The molecule has 0 amide bonds. The van der Waals surface area contributed by atoms with E-state index in [2.05, 4.69) is 59.4 Å². The van der Waals surface area contributed by atoms with Crippen LogP contribution in [0.1, 0.15) is 21.9 Å². The van der Waals surface area contributed by atoms with E-state index in [9.17, 15) is 0 Å². The molecule has 1 aliphatic rings. The molecule has 1 atom stereocenters.